The second-order valence-electron chi connectivity index (χ2n) is 6.88. The van der Waals surface area contributed by atoms with Gasteiger partial charge in [-0.25, -0.2) is 0 Å². The average Bonchev–Trinajstić information content (AvgIpc) is 3.11. The molecule has 6 heteroatoms. The van der Waals surface area contributed by atoms with Crippen LogP contribution >= 0.6 is 0 Å². The summed E-state index contributed by atoms with van der Waals surface area (Å²) < 4.78 is 10.5. The van der Waals surface area contributed by atoms with Crippen LogP contribution in [0, 0.1) is 5.92 Å². The molecule has 0 radical (unpaired) electrons. The zero-order valence-electron chi connectivity index (χ0n) is 16.3. The smallest absolute Gasteiger partial charge is 0.225 e. The zero-order valence-corrected chi connectivity index (χ0v) is 16.3. The van der Waals surface area contributed by atoms with E-state index in [0.717, 1.165) is 12.0 Å². The number of benzene rings is 2. The fourth-order valence-corrected chi connectivity index (χ4v) is 3.40. The van der Waals surface area contributed by atoms with Crippen LogP contribution < -0.4 is 14.8 Å². The molecule has 1 fully saturated rings. The van der Waals surface area contributed by atoms with Gasteiger partial charge in [0.25, 0.3) is 0 Å². The molecule has 2 aromatic rings. The van der Waals surface area contributed by atoms with Crippen LogP contribution in [0.4, 0.5) is 0 Å². The second-order valence-corrected chi connectivity index (χ2v) is 6.88. The molecule has 0 aromatic heterocycles. The quantitative estimate of drug-likeness (QED) is 0.761. The van der Waals surface area contributed by atoms with Crippen LogP contribution in [0.25, 0.3) is 0 Å². The van der Waals surface area contributed by atoms with Gasteiger partial charge in [0.2, 0.25) is 11.8 Å². The standard InChI is InChI=1S/C22H26N2O4/c1-27-19-9-8-17(12-20(19)28-2)14-23-22(26)18-13-21(25)24(15-18)11-10-16-6-4-3-5-7-16/h3-9,12,18H,10-11,13-15H2,1-2H3,(H,23,26). The van der Waals surface area contributed by atoms with Crippen molar-refractivity contribution in [1.82, 2.24) is 10.2 Å². The monoisotopic (exact) mass is 382 g/mol. The van der Waals surface area contributed by atoms with Crippen molar-refractivity contribution >= 4 is 11.8 Å². The predicted molar refractivity (Wildman–Crippen MR) is 106 cm³/mol. The maximum absolute atomic E-state index is 12.5. The van der Waals surface area contributed by atoms with E-state index in [1.54, 1.807) is 19.1 Å². The molecule has 2 aromatic carbocycles. The number of methoxy groups -OCH3 is 2. The fourth-order valence-electron chi connectivity index (χ4n) is 3.40. The van der Waals surface area contributed by atoms with Crippen LogP contribution in [0.2, 0.25) is 0 Å². The first kappa shape index (κ1) is 19.7. The molecule has 28 heavy (non-hydrogen) atoms. The fraction of sp³-hybridized carbons (Fsp3) is 0.364. The molecular formula is C22H26N2O4. The summed E-state index contributed by atoms with van der Waals surface area (Å²) in [5, 5.41) is 2.93. The van der Waals surface area contributed by atoms with E-state index in [0.29, 0.717) is 31.1 Å². The van der Waals surface area contributed by atoms with Crippen LogP contribution in [0.1, 0.15) is 17.5 Å². The number of hydrogen-bond acceptors (Lipinski definition) is 4. The Morgan fingerprint density at radius 1 is 1.07 bits per heavy atom. The lowest BCUT2D eigenvalue weighted by Crippen LogP contribution is -2.33. The highest BCUT2D eigenvalue weighted by molar-refractivity contribution is 5.89. The summed E-state index contributed by atoms with van der Waals surface area (Å²) in [6.07, 6.45) is 1.07. The maximum Gasteiger partial charge on any atom is 0.225 e. The summed E-state index contributed by atoms with van der Waals surface area (Å²) in [7, 11) is 3.16. The molecule has 6 nitrogen and oxygen atoms in total. The molecular weight excluding hydrogens is 356 g/mol. The van der Waals surface area contributed by atoms with Gasteiger partial charge in [-0.1, -0.05) is 36.4 Å². The minimum Gasteiger partial charge on any atom is -0.493 e. The van der Waals surface area contributed by atoms with E-state index in [2.05, 4.69) is 5.32 Å². The summed E-state index contributed by atoms with van der Waals surface area (Å²) in [4.78, 5) is 26.6. The molecule has 1 atom stereocenters. The predicted octanol–water partition coefficient (Wildman–Crippen LogP) is 2.41. The van der Waals surface area contributed by atoms with Crippen LogP contribution in [0.3, 0.4) is 0 Å². The third-order valence-electron chi connectivity index (χ3n) is 5.01. The first-order valence-electron chi connectivity index (χ1n) is 9.41. The van der Waals surface area contributed by atoms with Crippen LogP contribution in [-0.4, -0.2) is 44.0 Å². The van der Waals surface area contributed by atoms with Gasteiger partial charge in [0.15, 0.2) is 11.5 Å². The number of carbonyl (C=O) groups excluding carboxylic acids is 2. The van der Waals surface area contributed by atoms with Crippen molar-refractivity contribution in [3.8, 4) is 11.5 Å². The molecule has 1 heterocycles. The molecule has 0 saturated carbocycles. The van der Waals surface area contributed by atoms with Crippen molar-refractivity contribution in [2.45, 2.75) is 19.4 Å². The molecule has 3 rings (SSSR count). The lowest BCUT2D eigenvalue weighted by molar-refractivity contribution is -0.129. The summed E-state index contributed by atoms with van der Waals surface area (Å²) >= 11 is 0. The SMILES string of the molecule is COc1ccc(CNC(=O)C2CC(=O)N(CCc3ccccc3)C2)cc1OC. The lowest BCUT2D eigenvalue weighted by Gasteiger charge is -2.16. The van der Waals surface area contributed by atoms with Crippen molar-refractivity contribution in [2.75, 3.05) is 27.3 Å². The lowest BCUT2D eigenvalue weighted by atomic mass is 10.1. The minimum atomic E-state index is -0.302. The molecule has 2 amide bonds. The molecule has 1 unspecified atom stereocenters. The van der Waals surface area contributed by atoms with E-state index in [4.69, 9.17) is 9.47 Å². The number of hydrogen-bond donors (Lipinski definition) is 1. The van der Waals surface area contributed by atoms with Gasteiger partial charge in [-0.15, -0.1) is 0 Å². The van der Waals surface area contributed by atoms with Gasteiger partial charge < -0.3 is 19.7 Å². The van der Waals surface area contributed by atoms with Gasteiger partial charge in [-0.3, -0.25) is 9.59 Å². The van der Waals surface area contributed by atoms with Crippen molar-refractivity contribution in [2.24, 2.45) is 5.92 Å². The van der Waals surface area contributed by atoms with Crippen LogP contribution in [0.5, 0.6) is 11.5 Å². The Labute approximate surface area is 165 Å². The Balaban J connectivity index is 1.50. The van der Waals surface area contributed by atoms with Gasteiger partial charge in [0.05, 0.1) is 20.1 Å². The van der Waals surface area contributed by atoms with Gasteiger partial charge in [-0.2, -0.15) is 0 Å². The first-order chi connectivity index (χ1) is 13.6. The third kappa shape index (κ3) is 4.82. The summed E-state index contributed by atoms with van der Waals surface area (Å²) in [5.74, 6) is 0.918. The van der Waals surface area contributed by atoms with Crippen molar-refractivity contribution < 1.29 is 19.1 Å². The molecule has 1 N–H and O–H groups in total. The topological polar surface area (TPSA) is 67.9 Å². The van der Waals surface area contributed by atoms with Gasteiger partial charge in [-0.05, 0) is 29.7 Å². The highest BCUT2D eigenvalue weighted by Gasteiger charge is 2.33. The van der Waals surface area contributed by atoms with Gasteiger partial charge >= 0.3 is 0 Å². The van der Waals surface area contributed by atoms with E-state index in [1.807, 2.05) is 48.5 Å². The van der Waals surface area contributed by atoms with Crippen molar-refractivity contribution in [3.63, 3.8) is 0 Å². The van der Waals surface area contributed by atoms with E-state index in [-0.39, 0.29) is 24.2 Å². The Hall–Kier alpha value is -3.02. The van der Waals surface area contributed by atoms with E-state index >= 15 is 0 Å². The third-order valence-corrected chi connectivity index (χ3v) is 5.01. The number of nitrogens with zero attached hydrogens (tertiary/aromatic N) is 1. The molecule has 0 spiro atoms. The van der Waals surface area contributed by atoms with Crippen molar-refractivity contribution in [1.29, 1.82) is 0 Å². The Bertz CT molecular complexity index is 823. The molecule has 0 aliphatic carbocycles. The number of amides is 2. The Morgan fingerprint density at radius 2 is 1.82 bits per heavy atom. The molecule has 148 valence electrons. The van der Waals surface area contributed by atoms with Gasteiger partial charge in [0.1, 0.15) is 0 Å². The number of nitrogens with one attached hydrogen (secondary N) is 1. The Morgan fingerprint density at radius 3 is 2.54 bits per heavy atom. The van der Waals surface area contributed by atoms with E-state index in [9.17, 15) is 9.59 Å². The average molecular weight is 382 g/mol. The number of likely N-dealkylation sites (tertiary alicyclic amines) is 1. The summed E-state index contributed by atoms with van der Waals surface area (Å²) in [5.41, 5.74) is 2.10. The van der Waals surface area contributed by atoms with E-state index in [1.165, 1.54) is 5.56 Å². The highest BCUT2D eigenvalue weighted by atomic mass is 16.5. The summed E-state index contributed by atoms with van der Waals surface area (Å²) in [6.45, 7) is 1.50. The minimum absolute atomic E-state index is 0.0437. The van der Waals surface area contributed by atoms with E-state index < -0.39 is 0 Å². The number of carbonyl (C=O) groups is 2. The molecule has 0 bridgehead atoms. The molecule has 1 aliphatic heterocycles. The normalized spacial score (nSPS) is 16.1. The number of ether oxygens (including phenoxy) is 2. The molecule has 1 saturated heterocycles. The second kappa shape index (κ2) is 9.26. The molecule has 1 aliphatic rings. The van der Waals surface area contributed by atoms with Crippen molar-refractivity contribution in [3.05, 3.63) is 59.7 Å². The number of rotatable bonds is 8. The summed E-state index contributed by atoms with van der Waals surface area (Å²) in [6, 6.07) is 15.6. The Kier molecular flexibility index (Phi) is 6.53. The highest BCUT2D eigenvalue weighted by Crippen LogP contribution is 2.27. The van der Waals surface area contributed by atoms with Crippen LogP contribution in [-0.2, 0) is 22.6 Å². The largest absolute Gasteiger partial charge is 0.493 e. The zero-order chi connectivity index (χ0) is 19.9. The first-order valence-corrected chi connectivity index (χ1v) is 9.41. The van der Waals surface area contributed by atoms with Gasteiger partial charge in [0, 0.05) is 26.1 Å². The maximum atomic E-state index is 12.5. The van der Waals surface area contributed by atoms with Crippen LogP contribution in [0.15, 0.2) is 48.5 Å².